The van der Waals surface area contributed by atoms with Gasteiger partial charge in [0.25, 0.3) is 0 Å². The fourth-order valence-electron chi connectivity index (χ4n) is 5.19. The van der Waals surface area contributed by atoms with E-state index in [1.54, 1.807) is 6.07 Å². The minimum absolute atomic E-state index is 0.270. The number of rotatable bonds is 6. The molecule has 1 heterocycles. The van der Waals surface area contributed by atoms with Gasteiger partial charge in [0.15, 0.2) is 0 Å². The molecule has 1 aliphatic heterocycles. The number of hydrogen-bond acceptors (Lipinski definition) is 2. The van der Waals surface area contributed by atoms with Gasteiger partial charge in [0.1, 0.15) is 5.82 Å². The Balaban J connectivity index is 1.73. The molecule has 182 valence electrons. The summed E-state index contributed by atoms with van der Waals surface area (Å²) in [5.41, 5.74) is 3.64. The maximum Gasteiger partial charge on any atom is 0.495 e. The Bertz CT molecular complexity index is 1210. The van der Waals surface area contributed by atoms with Crippen molar-refractivity contribution in [2.24, 2.45) is 0 Å². The fraction of sp³-hybridized carbons (Fsp3) is 0.250. The van der Waals surface area contributed by atoms with E-state index in [4.69, 9.17) is 9.31 Å². The van der Waals surface area contributed by atoms with E-state index in [1.165, 1.54) is 6.07 Å². The normalized spacial score (nSPS) is 16.8. The molecular formula is C32H32BFO2. The zero-order valence-corrected chi connectivity index (χ0v) is 21.4. The van der Waals surface area contributed by atoms with Crippen molar-refractivity contribution in [1.29, 1.82) is 0 Å². The van der Waals surface area contributed by atoms with Crippen molar-refractivity contribution >= 4 is 12.6 Å². The van der Waals surface area contributed by atoms with Crippen LogP contribution in [-0.2, 0) is 21.1 Å². The molecule has 4 aromatic rings. The molecule has 1 saturated heterocycles. The van der Waals surface area contributed by atoms with Gasteiger partial charge in [0.05, 0.1) is 11.2 Å². The lowest BCUT2D eigenvalue weighted by Gasteiger charge is -2.37. The van der Waals surface area contributed by atoms with Gasteiger partial charge in [-0.25, -0.2) is 4.39 Å². The lowest BCUT2D eigenvalue weighted by atomic mass is 9.63. The molecule has 0 N–H and O–H groups in total. The first kappa shape index (κ1) is 24.5. The first-order chi connectivity index (χ1) is 17.2. The molecule has 0 unspecified atom stereocenters. The summed E-state index contributed by atoms with van der Waals surface area (Å²) in [7, 11) is -0.578. The molecule has 0 bridgehead atoms. The molecule has 0 atom stereocenters. The third-order valence-electron chi connectivity index (χ3n) is 7.87. The van der Waals surface area contributed by atoms with Crippen LogP contribution < -0.4 is 5.46 Å². The van der Waals surface area contributed by atoms with Gasteiger partial charge in [-0.1, -0.05) is 97.1 Å². The van der Waals surface area contributed by atoms with Crippen LogP contribution in [0, 0.1) is 5.82 Å². The van der Waals surface area contributed by atoms with Crippen molar-refractivity contribution in [3.63, 3.8) is 0 Å². The molecule has 4 heteroatoms. The molecular weight excluding hydrogens is 446 g/mol. The third kappa shape index (κ3) is 4.29. The summed E-state index contributed by atoms with van der Waals surface area (Å²) in [5, 5.41) is 0. The summed E-state index contributed by atoms with van der Waals surface area (Å²) in [6.07, 6.45) is 0.544. The monoisotopic (exact) mass is 478 g/mol. The Hall–Kier alpha value is -3.21. The maximum atomic E-state index is 14.8. The first-order valence-corrected chi connectivity index (χ1v) is 12.5. The molecule has 0 spiro atoms. The van der Waals surface area contributed by atoms with E-state index in [0.717, 1.165) is 27.7 Å². The molecule has 4 aromatic carbocycles. The highest BCUT2D eigenvalue weighted by Gasteiger charge is 2.52. The molecule has 0 radical (unpaired) electrons. The average molecular weight is 478 g/mol. The van der Waals surface area contributed by atoms with Gasteiger partial charge in [-0.05, 0) is 74.0 Å². The highest BCUT2D eigenvalue weighted by Crippen LogP contribution is 2.43. The summed E-state index contributed by atoms with van der Waals surface area (Å²) in [4.78, 5) is 0. The van der Waals surface area contributed by atoms with Crippen LogP contribution in [0.5, 0.6) is 0 Å². The van der Waals surface area contributed by atoms with E-state index < -0.39 is 23.7 Å². The minimum Gasteiger partial charge on any atom is -0.399 e. The smallest absolute Gasteiger partial charge is 0.399 e. The van der Waals surface area contributed by atoms with Crippen LogP contribution in [0.3, 0.4) is 0 Å². The number of benzene rings is 4. The van der Waals surface area contributed by atoms with Crippen LogP contribution in [0.4, 0.5) is 4.39 Å². The van der Waals surface area contributed by atoms with Gasteiger partial charge >= 0.3 is 7.12 Å². The predicted molar refractivity (Wildman–Crippen MR) is 145 cm³/mol. The largest absolute Gasteiger partial charge is 0.495 e. The van der Waals surface area contributed by atoms with Crippen LogP contribution in [0.25, 0.3) is 0 Å². The van der Waals surface area contributed by atoms with E-state index in [9.17, 15) is 4.39 Å². The summed E-state index contributed by atoms with van der Waals surface area (Å²) in [6.45, 7) is 8.16. The Kier molecular flexibility index (Phi) is 6.36. The van der Waals surface area contributed by atoms with Crippen molar-refractivity contribution in [2.45, 2.75) is 50.7 Å². The maximum absolute atomic E-state index is 14.8. The van der Waals surface area contributed by atoms with Gasteiger partial charge in [-0.2, -0.15) is 0 Å². The average Bonchev–Trinajstić information content (AvgIpc) is 3.10. The Morgan fingerprint density at radius 2 is 1.06 bits per heavy atom. The third-order valence-corrected chi connectivity index (χ3v) is 7.87. The van der Waals surface area contributed by atoms with Gasteiger partial charge in [-0.3, -0.25) is 0 Å². The van der Waals surface area contributed by atoms with Crippen LogP contribution in [0.2, 0.25) is 0 Å². The highest BCUT2D eigenvalue weighted by atomic mass is 19.1. The Morgan fingerprint density at radius 1 is 0.639 bits per heavy atom. The second-order valence-corrected chi connectivity index (χ2v) is 10.6. The molecule has 1 fully saturated rings. The van der Waals surface area contributed by atoms with Crippen molar-refractivity contribution < 1.29 is 13.7 Å². The second-order valence-electron chi connectivity index (χ2n) is 10.6. The number of halogens is 1. The molecule has 0 aliphatic carbocycles. The highest BCUT2D eigenvalue weighted by molar-refractivity contribution is 6.62. The lowest BCUT2D eigenvalue weighted by molar-refractivity contribution is 0.00578. The molecule has 5 rings (SSSR count). The lowest BCUT2D eigenvalue weighted by Crippen LogP contribution is -2.41. The quantitative estimate of drug-likeness (QED) is 0.227. The van der Waals surface area contributed by atoms with Crippen molar-refractivity contribution in [3.8, 4) is 0 Å². The Labute approximate surface area is 214 Å². The standard InChI is InChI=1S/C32H32BFO2/c1-30(2)31(3,4)36-33(35-30)29-21-20-28(34)22-24(29)23-32(25-14-8-5-9-15-25,26-16-10-6-11-17-26)27-18-12-7-13-19-27/h5-22H,23H2,1-4H3. The first-order valence-electron chi connectivity index (χ1n) is 12.5. The van der Waals surface area contributed by atoms with E-state index in [-0.39, 0.29) is 5.82 Å². The molecule has 0 saturated carbocycles. The fourth-order valence-corrected chi connectivity index (χ4v) is 5.19. The zero-order chi connectivity index (χ0) is 25.4. The van der Waals surface area contributed by atoms with Gasteiger partial charge in [0.2, 0.25) is 0 Å². The molecule has 1 aliphatic rings. The van der Waals surface area contributed by atoms with Gasteiger partial charge in [0, 0.05) is 5.41 Å². The van der Waals surface area contributed by atoms with E-state index >= 15 is 0 Å². The second kappa shape index (κ2) is 9.35. The van der Waals surface area contributed by atoms with Crippen molar-refractivity contribution in [1.82, 2.24) is 0 Å². The SMILES string of the molecule is CC1(C)OB(c2ccc(F)cc2CC(c2ccccc2)(c2ccccc2)c2ccccc2)OC1(C)C. The van der Waals surface area contributed by atoms with Gasteiger partial charge < -0.3 is 9.31 Å². The molecule has 36 heavy (non-hydrogen) atoms. The Morgan fingerprint density at radius 3 is 1.47 bits per heavy atom. The predicted octanol–water partition coefficient (Wildman–Crippen LogP) is 6.70. The molecule has 0 aromatic heterocycles. The number of hydrogen-bond donors (Lipinski definition) is 0. The van der Waals surface area contributed by atoms with E-state index in [2.05, 4.69) is 72.8 Å². The molecule has 2 nitrogen and oxygen atoms in total. The van der Waals surface area contributed by atoms with Crippen LogP contribution in [-0.4, -0.2) is 18.3 Å². The van der Waals surface area contributed by atoms with E-state index in [1.807, 2.05) is 52.0 Å². The summed E-state index contributed by atoms with van der Waals surface area (Å²) in [6, 6.07) is 36.4. The summed E-state index contributed by atoms with van der Waals surface area (Å²) >= 11 is 0. The zero-order valence-electron chi connectivity index (χ0n) is 21.4. The van der Waals surface area contributed by atoms with Crippen molar-refractivity contribution in [3.05, 3.63) is 137 Å². The topological polar surface area (TPSA) is 18.5 Å². The van der Waals surface area contributed by atoms with Crippen LogP contribution in [0.15, 0.2) is 109 Å². The summed E-state index contributed by atoms with van der Waals surface area (Å²) in [5.74, 6) is -0.270. The van der Waals surface area contributed by atoms with Gasteiger partial charge in [-0.15, -0.1) is 0 Å². The van der Waals surface area contributed by atoms with Crippen LogP contribution in [0.1, 0.15) is 49.9 Å². The summed E-state index contributed by atoms with van der Waals surface area (Å²) < 4.78 is 27.7. The molecule has 0 amide bonds. The minimum atomic E-state index is -0.578. The van der Waals surface area contributed by atoms with Crippen LogP contribution >= 0.6 is 0 Å². The van der Waals surface area contributed by atoms with E-state index in [0.29, 0.717) is 6.42 Å². The van der Waals surface area contributed by atoms with Crippen molar-refractivity contribution in [2.75, 3.05) is 0 Å².